The van der Waals surface area contributed by atoms with E-state index in [1.54, 1.807) is 12.1 Å². The molecule has 0 aliphatic heterocycles. The maximum atomic E-state index is 12.1. The number of nitrogens with zero attached hydrogens (tertiary/aromatic N) is 1. The van der Waals surface area contributed by atoms with Crippen molar-refractivity contribution in [2.24, 2.45) is 0 Å². The van der Waals surface area contributed by atoms with Gasteiger partial charge in [-0.1, -0.05) is 11.3 Å². The number of benzene rings is 2. The molecular formula is C15H10N2O4S. The summed E-state index contributed by atoms with van der Waals surface area (Å²) in [6.45, 7) is 0. The lowest BCUT2D eigenvalue weighted by Crippen LogP contribution is -2.11. The number of aromatic nitrogens is 1. The molecule has 1 heterocycles. The highest BCUT2D eigenvalue weighted by Crippen LogP contribution is 2.28. The van der Waals surface area contributed by atoms with Crippen LogP contribution in [0.15, 0.2) is 42.5 Å². The third-order valence-corrected chi connectivity index (χ3v) is 3.92. The van der Waals surface area contributed by atoms with Crippen LogP contribution in [0.2, 0.25) is 0 Å². The molecule has 2 aromatic carbocycles. The Kier molecular flexibility index (Phi) is 3.48. The molecular weight excluding hydrogens is 304 g/mol. The molecule has 0 bridgehead atoms. The van der Waals surface area contributed by atoms with E-state index in [0.29, 0.717) is 16.2 Å². The van der Waals surface area contributed by atoms with E-state index >= 15 is 0 Å². The minimum absolute atomic E-state index is 0.118. The second-order valence-corrected chi connectivity index (χ2v) is 5.54. The number of amides is 1. The van der Waals surface area contributed by atoms with E-state index in [1.165, 1.54) is 41.7 Å². The van der Waals surface area contributed by atoms with Crippen LogP contribution in [0.5, 0.6) is 5.75 Å². The average Bonchev–Trinajstić information content (AvgIpc) is 2.88. The van der Waals surface area contributed by atoms with Gasteiger partial charge in [0, 0.05) is 5.56 Å². The highest BCUT2D eigenvalue weighted by Gasteiger charge is 2.11. The molecule has 0 atom stereocenters. The van der Waals surface area contributed by atoms with E-state index in [0.717, 1.165) is 4.70 Å². The van der Waals surface area contributed by atoms with Gasteiger partial charge in [0.05, 0.1) is 15.8 Å². The van der Waals surface area contributed by atoms with Crippen LogP contribution in [0.3, 0.4) is 0 Å². The lowest BCUT2D eigenvalue weighted by atomic mass is 10.1. The highest BCUT2D eigenvalue weighted by atomic mass is 32.1. The summed E-state index contributed by atoms with van der Waals surface area (Å²) in [5, 5.41) is 21.3. The summed E-state index contributed by atoms with van der Waals surface area (Å²) in [5.74, 6) is -1.28. The second-order valence-electron chi connectivity index (χ2n) is 4.51. The molecule has 6 nitrogen and oxygen atoms in total. The molecule has 0 aliphatic carbocycles. The van der Waals surface area contributed by atoms with Crippen LogP contribution in [0.1, 0.15) is 20.7 Å². The number of rotatable bonds is 3. The van der Waals surface area contributed by atoms with Gasteiger partial charge in [-0.05, 0) is 42.5 Å². The van der Waals surface area contributed by atoms with Crippen LogP contribution in [0, 0.1) is 0 Å². The van der Waals surface area contributed by atoms with E-state index in [9.17, 15) is 14.7 Å². The summed E-state index contributed by atoms with van der Waals surface area (Å²) >= 11 is 1.25. The largest absolute Gasteiger partial charge is 0.508 e. The van der Waals surface area contributed by atoms with Crippen molar-refractivity contribution in [1.82, 2.24) is 4.98 Å². The molecule has 110 valence electrons. The maximum Gasteiger partial charge on any atom is 0.335 e. The number of nitrogens with one attached hydrogen (secondary N) is 1. The lowest BCUT2D eigenvalue weighted by molar-refractivity contribution is 0.0696. The Morgan fingerprint density at radius 3 is 2.41 bits per heavy atom. The van der Waals surface area contributed by atoms with Crippen molar-refractivity contribution in [3.8, 4) is 5.75 Å². The van der Waals surface area contributed by atoms with Gasteiger partial charge in [0.25, 0.3) is 5.91 Å². The molecule has 0 radical (unpaired) electrons. The van der Waals surface area contributed by atoms with E-state index in [4.69, 9.17) is 5.11 Å². The highest BCUT2D eigenvalue weighted by molar-refractivity contribution is 7.22. The van der Waals surface area contributed by atoms with Crippen molar-refractivity contribution < 1.29 is 19.8 Å². The molecule has 3 N–H and O–H groups in total. The van der Waals surface area contributed by atoms with Gasteiger partial charge in [0.1, 0.15) is 5.75 Å². The lowest BCUT2D eigenvalue weighted by Gasteiger charge is -2.01. The van der Waals surface area contributed by atoms with Crippen LogP contribution in [0.25, 0.3) is 10.2 Å². The van der Waals surface area contributed by atoms with Gasteiger partial charge in [0.15, 0.2) is 5.13 Å². The Morgan fingerprint density at radius 1 is 1.05 bits per heavy atom. The molecule has 0 saturated carbocycles. The molecule has 3 aromatic rings. The smallest absolute Gasteiger partial charge is 0.335 e. The number of aromatic carboxylic acids is 1. The van der Waals surface area contributed by atoms with E-state index in [1.807, 2.05) is 0 Å². The Labute approximate surface area is 128 Å². The number of hydrogen-bond acceptors (Lipinski definition) is 5. The first-order valence-electron chi connectivity index (χ1n) is 6.27. The normalized spacial score (nSPS) is 10.5. The summed E-state index contributed by atoms with van der Waals surface area (Å²) in [7, 11) is 0. The number of thiazole rings is 1. The molecule has 3 rings (SSSR count). The van der Waals surface area contributed by atoms with Crippen molar-refractivity contribution in [1.29, 1.82) is 0 Å². The van der Waals surface area contributed by atoms with Gasteiger partial charge in [-0.25, -0.2) is 9.78 Å². The predicted octanol–water partition coefficient (Wildman–Crippen LogP) is 2.95. The third kappa shape index (κ3) is 2.75. The van der Waals surface area contributed by atoms with Gasteiger partial charge in [-0.2, -0.15) is 0 Å². The van der Waals surface area contributed by atoms with E-state index < -0.39 is 5.97 Å². The van der Waals surface area contributed by atoms with Gasteiger partial charge < -0.3 is 10.2 Å². The van der Waals surface area contributed by atoms with Crippen LogP contribution in [-0.4, -0.2) is 27.1 Å². The molecule has 1 aromatic heterocycles. The summed E-state index contributed by atoms with van der Waals surface area (Å²) in [4.78, 5) is 27.1. The number of aromatic hydroxyl groups is 1. The van der Waals surface area contributed by atoms with Crippen LogP contribution in [-0.2, 0) is 0 Å². The zero-order valence-corrected chi connectivity index (χ0v) is 11.9. The second kappa shape index (κ2) is 5.45. The molecule has 1 amide bonds. The zero-order chi connectivity index (χ0) is 15.7. The summed E-state index contributed by atoms with van der Waals surface area (Å²) in [5.41, 5.74) is 1.14. The number of fused-ring (bicyclic) bond motifs is 1. The molecule has 22 heavy (non-hydrogen) atoms. The Balaban J connectivity index is 1.81. The first-order valence-corrected chi connectivity index (χ1v) is 7.09. The first-order chi connectivity index (χ1) is 10.5. The van der Waals surface area contributed by atoms with Crippen molar-refractivity contribution in [2.75, 3.05) is 5.32 Å². The number of carbonyl (C=O) groups is 2. The predicted molar refractivity (Wildman–Crippen MR) is 82.6 cm³/mol. The van der Waals surface area contributed by atoms with Crippen molar-refractivity contribution in [3.05, 3.63) is 53.6 Å². The van der Waals surface area contributed by atoms with Crippen LogP contribution in [0.4, 0.5) is 5.13 Å². The number of hydrogen-bond donors (Lipinski definition) is 3. The van der Waals surface area contributed by atoms with Crippen LogP contribution < -0.4 is 5.32 Å². The van der Waals surface area contributed by atoms with Gasteiger partial charge in [0.2, 0.25) is 0 Å². The summed E-state index contributed by atoms with van der Waals surface area (Å²) < 4.78 is 0.761. The standard InChI is InChI=1S/C15H10N2O4S/c18-10-5-6-11-12(7-10)22-15(16-11)17-13(19)8-1-3-9(4-2-8)14(20)21/h1-7,18H,(H,20,21)(H,16,17,19). The average molecular weight is 314 g/mol. The number of carboxylic acid groups (broad SMARTS) is 1. The molecule has 0 fully saturated rings. The van der Waals surface area contributed by atoms with Gasteiger partial charge in [-0.15, -0.1) is 0 Å². The first kappa shape index (κ1) is 14.0. The SMILES string of the molecule is O=C(O)c1ccc(C(=O)Nc2nc3ccc(O)cc3s2)cc1. The number of phenols is 1. The van der Waals surface area contributed by atoms with Crippen molar-refractivity contribution >= 4 is 38.6 Å². The minimum atomic E-state index is -1.04. The quantitative estimate of drug-likeness (QED) is 0.690. The minimum Gasteiger partial charge on any atom is -0.508 e. The number of anilines is 1. The molecule has 0 unspecified atom stereocenters. The van der Waals surface area contributed by atoms with E-state index in [-0.39, 0.29) is 17.2 Å². The monoisotopic (exact) mass is 314 g/mol. The fraction of sp³-hybridized carbons (Fsp3) is 0. The Morgan fingerprint density at radius 2 is 1.73 bits per heavy atom. The number of carboxylic acids is 1. The van der Waals surface area contributed by atoms with Gasteiger partial charge >= 0.3 is 5.97 Å². The molecule has 0 aliphatic rings. The molecule has 0 spiro atoms. The van der Waals surface area contributed by atoms with Crippen molar-refractivity contribution in [3.63, 3.8) is 0 Å². The molecule has 0 saturated heterocycles. The summed E-state index contributed by atoms with van der Waals surface area (Å²) in [6.07, 6.45) is 0. The van der Waals surface area contributed by atoms with Crippen LogP contribution >= 0.6 is 11.3 Å². The Bertz CT molecular complexity index is 871. The third-order valence-electron chi connectivity index (χ3n) is 2.99. The van der Waals surface area contributed by atoms with Gasteiger partial charge in [-0.3, -0.25) is 10.1 Å². The Hall–Kier alpha value is -2.93. The zero-order valence-electron chi connectivity index (χ0n) is 11.1. The van der Waals surface area contributed by atoms with Crippen molar-refractivity contribution in [2.45, 2.75) is 0 Å². The molecule has 7 heteroatoms. The topological polar surface area (TPSA) is 99.5 Å². The fourth-order valence-corrected chi connectivity index (χ4v) is 2.79. The number of carbonyl (C=O) groups excluding carboxylic acids is 1. The summed E-state index contributed by atoms with van der Waals surface area (Å²) in [6, 6.07) is 10.4. The van der Waals surface area contributed by atoms with E-state index in [2.05, 4.69) is 10.3 Å². The maximum absolute atomic E-state index is 12.1. The fourth-order valence-electron chi connectivity index (χ4n) is 1.90. The number of phenolic OH excluding ortho intramolecular Hbond substituents is 1.